The highest BCUT2D eigenvalue weighted by atomic mass is 32.2. The maximum absolute atomic E-state index is 14.8. The minimum Gasteiger partial charge on any atom is -0.465 e. The van der Waals surface area contributed by atoms with E-state index in [1.807, 2.05) is 0 Å². The average molecular weight is 409 g/mol. The van der Waals surface area contributed by atoms with Crippen LogP contribution < -0.4 is 9.61 Å². The number of rotatable bonds is 4. The van der Waals surface area contributed by atoms with Crippen molar-refractivity contribution in [2.75, 3.05) is 6.26 Å². The van der Waals surface area contributed by atoms with Gasteiger partial charge in [-0.05, 0) is 25.3 Å². The molecule has 1 aromatic heterocycles. The van der Waals surface area contributed by atoms with Gasteiger partial charge in [0.15, 0.2) is 5.76 Å². The molecule has 4 rings (SSSR count). The molecular weight excluding hydrogens is 392 g/mol. The second-order valence-electron chi connectivity index (χ2n) is 7.13. The topological polar surface area (TPSA) is 85.9 Å². The molecule has 0 saturated heterocycles. The first-order valence-electron chi connectivity index (χ1n) is 8.77. The van der Waals surface area contributed by atoms with Crippen molar-refractivity contribution in [3.05, 3.63) is 57.6 Å². The average Bonchev–Trinajstić information content (AvgIpc) is 2.90. The summed E-state index contributed by atoms with van der Waals surface area (Å²) in [6.07, 6.45) is 4.68. The molecule has 1 aliphatic heterocycles. The number of nitrogens with zero attached hydrogens (tertiary/aromatic N) is 1. The molecule has 2 aromatic rings. The molecule has 28 heavy (non-hydrogen) atoms. The van der Waals surface area contributed by atoms with Crippen LogP contribution in [0.3, 0.4) is 0 Å². The molecule has 1 saturated carbocycles. The highest BCUT2D eigenvalue weighted by Gasteiger charge is 2.48. The molecule has 0 amide bonds. The van der Waals surface area contributed by atoms with Crippen LogP contribution in [0.4, 0.5) is 14.5 Å². The van der Waals surface area contributed by atoms with Crippen LogP contribution in [0.15, 0.2) is 38.7 Å². The van der Waals surface area contributed by atoms with E-state index in [2.05, 4.69) is 4.99 Å². The molecule has 0 bridgehead atoms. The Morgan fingerprint density at radius 1 is 1.29 bits per heavy atom. The third-order valence-electron chi connectivity index (χ3n) is 5.19. The first kappa shape index (κ1) is 18.8. The zero-order valence-electron chi connectivity index (χ0n) is 15.0. The Balaban J connectivity index is 1.88. The number of hydrogen-bond donors (Lipinski definition) is 0. The largest absolute Gasteiger partial charge is 0.465 e. The van der Waals surface area contributed by atoms with E-state index in [1.54, 1.807) is 0 Å². The summed E-state index contributed by atoms with van der Waals surface area (Å²) in [7, 11) is -3.98. The van der Waals surface area contributed by atoms with Gasteiger partial charge in [-0.15, -0.1) is 0 Å². The van der Waals surface area contributed by atoms with E-state index in [-0.39, 0.29) is 23.4 Å². The van der Waals surface area contributed by atoms with Crippen LogP contribution in [0.2, 0.25) is 0 Å². The summed E-state index contributed by atoms with van der Waals surface area (Å²) in [4.78, 5) is 16.7. The first-order chi connectivity index (χ1) is 13.2. The predicted molar refractivity (Wildman–Crippen MR) is 97.8 cm³/mol. The van der Waals surface area contributed by atoms with E-state index in [0.717, 1.165) is 37.5 Å². The van der Waals surface area contributed by atoms with Gasteiger partial charge in [0.25, 0.3) is 0 Å². The molecule has 0 spiro atoms. The first-order valence-corrected chi connectivity index (χ1v) is 10.6. The Hall–Kier alpha value is -2.55. The molecular formula is C19H17F2NO5S. The monoisotopic (exact) mass is 409 g/mol. The second kappa shape index (κ2) is 6.51. The molecule has 1 atom stereocenters. The molecule has 9 heteroatoms. The number of fused-ring (bicyclic) bond motifs is 3. The number of hydrogen-bond acceptors (Lipinski definition) is 6. The second-order valence-corrected chi connectivity index (χ2v) is 8.71. The maximum atomic E-state index is 14.8. The lowest BCUT2D eigenvalue weighted by Crippen LogP contribution is -2.39. The van der Waals surface area contributed by atoms with Crippen LogP contribution in [0.5, 0.6) is 5.75 Å². The van der Waals surface area contributed by atoms with Gasteiger partial charge in [-0.25, -0.2) is 8.78 Å². The quantitative estimate of drug-likeness (QED) is 0.723. The Kier molecular flexibility index (Phi) is 4.37. The van der Waals surface area contributed by atoms with Gasteiger partial charge in [0.2, 0.25) is 11.2 Å². The fraction of sp³-hybridized carbons (Fsp3) is 0.368. The van der Waals surface area contributed by atoms with Crippen LogP contribution in [0.25, 0.3) is 0 Å². The third kappa shape index (κ3) is 3.13. The summed E-state index contributed by atoms with van der Waals surface area (Å²) < 4.78 is 61.9. The summed E-state index contributed by atoms with van der Waals surface area (Å²) in [5.74, 6) is -1.90. The van der Waals surface area contributed by atoms with Gasteiger partial charge in [0.1, 0.15) is 11.6 Å². The SMILES string of the molecule is CS(=O)(=O)Oc1c(C[C@@]23CCCCC2=Nc2cc(F)cc(F)c23)occc1=O. The standard InChI is InChI=1S/C19H17F2NO5S/c1-28(24,25)27-18-14(23)5-7-26-15(18)10-19-6-3-2-4-16(19)22-13-9-11(20)8-12(21)17(13)19/h5,7-9H,2-4,6,10H2,1H3/t19-/m0/s1. The lowest BCUT2D eigenvalue weighted by molar-refractivity contribution is 0.373. The predicted octanol–water partition coefficient (Wildman–Crippen LogP) is 3.40. The molecule has 1 aromatic carbocycles. The van der Waals surface area contributed by atoms with E-state index in [9.17, 15) is 22.0 Å². The molecule has 2 heterocycles. The molecule has 6 nitrogen and oxygen atoms in total. The van der Waals surface area contributed by atoms with Crippen molar-refractivity contribution in [1.29, 1.82) is 0 Å². The summed E-state index contributed by atoms with van der Waals surface area (Å²) in [5.41, 5.74) is -0.443. The highest BCUT2D eigenvalue weighted by Crippen LogP contribution is 2.51. The van der Waals surface area contributed by atoms with Crippen molar-refractivity contribution in [3.8, 4) is 5.75 Å². The van der Waals surface area contributed by atoms with Gasteiger partial charge in [-0.3, -0.25) is 9.79 Å². The molecule has 0 unspecified atom stereocenters. The van der Waals surface area contributed by atoms with Crippen molar-refractivity contribution >= 4 is 21.5 Å². The van der Waals surface area contributed by atoms with Crippen LogP contribution in [0.1, 0.15) is 37.0 Å². The molecule has 1 aliphatic carbocycles. The van der Waals surface area contributed by atoms with E-state index < -0.39 is 38.3 Å². The summed E-state index contributed by atoms with van der Waals surface area (Å²) in [6.45, 7) is 0. The number of aliphatic imine (C=N–C) groups is 1. The van der Waals surface area contributed by atoms with Crippen molar-refractivity contribution in [1.82, 2.24) is 0 Å². The summed E-state index contributed by atoms with van der Waals surface area (Å²) >= 11 is 0. The Bertz CT molecular complexity index is 1160. The number of halogens is 2. The minimum atomic E-state index is -3.98. The van der Waals surface area contributed by atoms with Gasteiger partial charge in [-0.2, -0.15) is 8.42 Å². The van der Waals surface area contributed by atoms with Gasteiger partial charge in [0.05, 0.1) is 18.2 Å². The van der Waals surface area contributed by atoms with E-state index >= 15 is 0 Å². The smallest absolute Gasteiger partial charge is 0.306 e. The van der Waals surface area contributed by atoms with Crippen LogP contribution in [-0.2, 0) is 22.0 Å². The van der Waals surface area contributed by atoms with Crippen LogP contribution in [0, 0.1) is 11.6 Å². The third-order valence-corrected chi connectivity index (χ3v) is 5.66. The zero-order valence-corrected chi connectivity index (χ0v) is 15.8. The number of benzene rings is 1. The van der Waals surface area contributed by atoms with Crippen molar-refractivity contribution in [2.45, 2.75) is 37.5 Å². The highest BCUT2D eigenvalue weighted by molar-refractivity contribution is 7.86. The van der Waals surface area contributed by atoms with Gasteiger partial charge in [-0.1, -0.05) is 6.42 Å². The fourth-order valence-corrected chi connectivity index (χ4v) is 4.64. The molecule has 1 fully saturated rings. The van der Waals surface area contributed by atoms with Crippen molar-refractivity contribution < 1.29 is 25.8 Å². The van der Waals surface area contributed by atoms with E-state index in [0.29, 0.717) is 18.6 Å². The van der Waals surface area contributed by atoms with E-state index in [4.69, 9.17) is 8.60 Å². The summed E-state index contributed by atoms with van der Waals surface area (Å²) in [5, 5.41) is 0. The van der Waals surface area contributed by atoms with E-state index in [1.165, 1.54) is 6.07 Å². The molecule has 2 aliphatic rings. The Labute approximate surface area is 160 Å². The zero-order chi connectivity index (χ0) is 20.1. The Morgan fingerprint density at radius 3 is 2.82 bits per heavy atom. The maximum Gasteiger partial charge on any atom is 0.306 e. The van der Waals surface area contributed by atoms with Gasteiger partial charge < -0.3 is 8.60 Å². The van der Waals surface area contributed by atoms with Gasteiger partial charge in [0, 0.05) is 35.2 Å². The van der Waals surface area contributed by atoms with Gasteiger partial charge >= 0.3 is 10.1 Å². The normalized spacial score (nSPS) is 21.0. The lowest BCUT2D eigenvalue weighted by atomic mass is 9.66. The van der Waals surface area contributed by atoms with Crippen molar-refractivity contribution in [2.24, 2.45) is 4.99 Å². The Morgan fingerprint density at radius 2 is 2.07 bits per heavy atom. The molecule has 148 valence electrons. The fourth-order valence-electron chi connectivity index (χ4n) is 4.16. The minimum absolute atomic E-state index is 0.0101. The van der Waals surface area contributed by atoms with Crippen molar-refractivity contribution in [3.63, 3.8) is 0 Å². The molecule has 0 radical (unpaired) electrons. The lowest BCUT2D eigenvalue weighted by Gasteiger charge is -2.35. The molecule has 0 N–H and O–H groups in total. The van der Waals surface area contributed by atoms with Crippen LogP contribution >= 0.6 is 0 Å². The van der Waals surface area contributed by atoms with Crippen LogP contribution in [-0.4, -0.2) is 20.4 Å². The summed E-state index contributed by atoms with van der Waals surface area (Å²) in [6, 6.07) is 3.04.